The van der Waals surface area contributed by atoms with E-state index >= 15 is 0 Å². The second-order valence-corrected chi connectivity index (χ2v) is 3.87. The summed E-state index contributed by atoms with van der Waals surface area (Å²) < 4.78 is 1.99. The van der Waals surface area contributed by atoms with E-state index in [1.807, 2.05) is 17.9 Å². The fourth-order valence-electron chi connectivity index (χ4n) is 2.12. The standard InChI is InChI=1S/C9H13N3/c1-12-8-5-10-9(6-2-3-6)7(8)4-11-12/h4,6,9-10H,2-3,5H2,1H3. The average Bonchev–Trinajstić information content (AvgIpc) is 2.71. The molecule has 2 heterocycles. The zero-order valence-electron chi connectivity index (χ0n) is 7.25. The molecule has 12 heavy (non-hydrogen) atoms. The molecule has 2 aliphatic rings. The van der Waals surface area contributed by atoms with Gasteiger partial charge in [0.2, 0.25) is 0 Å². The number of nitrogens with one attached hydrogen (secondary N) is 1. The average molecular weight is 163 g/mol. The van der Waals surface area contributed by atoms with Crippen LogP contribution in [-0.2, 0) is 13.6 Å². The van der Waals surface area contributed by atoms with Crippen molar-refractivity contribution >= 4 is 0 Å². The zero-order valence-corrected chi connectivity index (χ0v) is 7.25. The van der Waals surface area contributed by atoms with Gasteiger partial charge in [0.05, 0.1) is 11.9 Å². The molecule has 1 saturated carbocycles. The highest BCUT2D eigenvalue weighted by Crippen LogP contribution is 2.44. The summed E-state index contributed by atoms with van der Waals surface area (Å²) in [4.78, 5) is 0. The van der Waals surface area contributed by atoms with Gasteiger partial charge in [-0.2, -0.15) is 5.10 Å². The van der Waals surface area contributed by atoms with Gasteiger partial charge in [0.15, 0.2) is 0 Å². The van der Waals surface area contributed by atoms with E-state index in [4.69, 9.17) is 0 Å². The minimum Gasteiger partial charge on any atom is -0.304 e. The minimum absolute atomic E-state index is 0.619. The monoisotopic (exact) mass is 163 g/mol. The van der Waals surface area contributed by atoms with Crippen LogP contribution in [0.5, 0.6) is 0 Å². The number of hydrogen-bond acceptors (Lipinski definition) is 2. The largest absolute Gasteiger partial charge is 0.304 e. The molecule has 0 aromatic carbocycles. The van der Waals surface area contributed by atoms with Crippen LogP contribution in [0.25, 0.3) is 0 Å². The number of aromatic nitrogens is 2. The fourth-order valence-corrected chi connectivity index (χ4v) is 2.12. The summed E-state index contributed by atoms with van der Waals surface area (Å²) in [5, 5.41) is 7.82. The van der Waals surface area contributed by atoms with Crippen LogP contribution in [0.2, 0.25) is 0 Å². The van der Waals surface area contributed by atoms with E-state index in [0.29, 0.717) is 6.04 Å². The topological polar surface area (TPSA) is 29.9 Å². The molecule has 1 aliphatic carbocycles. The van der Waals surface area contributed by atoms with Crippen molar-refractivity contribution < 1.29 is 0 Å². The molecule has 0 spiro atoms. The lowest BCUT2D eigenvalue weighted by molar-refractivity contribution is 0.514. The van der Waals surface area contributed by atoms with Crippen molar-refractivity contribution in [3.8, 4) is 0 Å². The maximum Gasteiger partial charge on any atom is 0.0566 e. The maximum absolute atomic E-state index is 4.28. The van der Waals surface area contributed by atoms with Gasteiger partial charge in [-0.25, -0.2) is 0 Å². The van der Waals surface area contributed by atoms with Gasteiger partial charge in [0, 0.05) is 25.2 Å². The summed E-state index contributed by atoms with van der Waals surface area (Å²) in [7, 11) is 2.02. The Hall–Kier alpha value is -0.830. The van der Waals surface area contributed by atoms with Crippen LogP contribution in [0.15, 0.2) is 6.20 Å². The molecular weight excluding hydrogens is 150 g/mol. The normalized spacial score (nSPS) is 27.6. The van der Waals surface area contributed by atoms with Crippen LogP contribution < -0.4 is 5.32 Å². The van der Waals surface area contributed by atoms with E-state index in [1.54, 1.807) is 0 Å². The predicted molar refractivity (Wildman–Crippen MR) is 45.5 cm³/mol. The van der Waals surface area contributed by atoms with Gasteiger partial charge in [0.25, 0.3) is 0 Å². The van der Waals surface area contributed by atoms with E-state index in [0.717, 1.165) is 12.5 Å². The van der Waals surface area contributed by atoms with Gasteiger partial charge in [0.1, 0.15) is 0 Å². The van der Waals surface area contributed by atoms with Crippen molar-refractivity contribution in [1.29, 1.82) is 0 Å². The Morgan fingerprint density at radius 3 is 3.17 bits per heavy atom. The summed E-state index contributed by atoms with van der Waals surface area (Å²) in [5.74, 6) is 0.899. The Bertz CT molecular complexity index is 312. The Morgan fingerprint density at radius 1 is 1.58 bits per heavy atom. The smallest absolute Gasteiger partial charge is 0.0566 e. The molecule has 64 valence electrons. The highest BCUT2D eigenvalue weighted by molar-refractivity contribution is 5.28. The Balaban J connectivity index is 2.01. The highest BCUT2D eigenvalue weighted by Gasteiger charge is 2.37. The molecule has 1 fully saturated rings. The van der Waals surface area contributed by atoms with Gasteiger partial charge in [-0.3, -0.25) is 4.68 Å². The summed E-state index contributed by atoms with van der Waals surface area (Å²) in [5.41, 5.74) is 2.83. The maximum atomic E-state index is 4.28. The summed E-state index contributed by atoms with van der Waals surface area (Å²) in [6, 6.07) is 0.619. The van der Waals surface area contributed by atoms with Crippen LogP contribution in [0.1, 0.15) is 30.1 Å². The lowest BCUT2D eigenvalue weighted by Gasteiger charge is -2.06. The molecule has 1 N–H and O–H groups in total. The molecule has 3 heteroatoms. The van der Waals surface area contributed by atoms with Crippen LogP contribution in [-0.4, -0.2) is 9.78 Å². The lowest BCUT2D eigenvalue weighted by atomic mass is 10.1. The molecule has 3 nitrogen and oxygen atoms in total. The molecular formula is C9H13N3. The van der Waals surface area contributed by atoms with Crippen molar-refractivity contribution in [3.63, 3.8) is 0 Å². The summed E-state index contributed by atoms with van der Waals surface area (Å²) >= 11 is 0. The van der Waals surface area contributed by atoms with E-state index in [1.165, 1.54) is 24.1 Å². The third-order valence-electron chi connectivity index (χ3n) is 3.01. The van der Waals surface area contributed by atoms with Crippen molar-refractivity contribution in [2.75, 3.05) is 0 Å². The van der Waals surface area contributed by atoms with Crippen molar-refractivity contribution in [1.82, 2.24) is 15.1 Å². The molecule has 3 rings (SSSR count). The first kappa shape index (κ1) is 6.66. The molecule has 0 amide bonds. The van der Waals surface area contributed by atoms with E-state index in [9.17, 15) is 0 Å². The minimum atomic E-state index is 0.619. The predicted octanol–water partition coefficient (Wildman–Crippen LogP) is 0.974. The second-order valence-electron chi connectivity index (χ2n) is 3.87. The van der Waals surface area contributed by atoms with Gasteiger partial charge in [-0.1, -0.05) is 0 Å². The molecule has 1 atom stereocenters. The fraction of sp³-hybridized carbons (Fsp3) is 0.667. The Kier molecular flexibility index (Phi) is 1.17. The first-order valence-electron chi connectivity index (χ1n) is 4.60. The molecule has 0 bridgehead atoms. The van der Waals surface area contributed by atoms with Gasteiger partial charge < -0.3 is 5.32 Å². The molecule has 1 aromatic rings. The number of rotatable bonds is 1. The molecule has 1 aliphatic heterocycles. The third kappa shape index (κ3) is 0.771. The van der Waals surface area contributed by atoms with E-state index < -0.39 is 0 Å². The summed E-state index contributed by atoms with van der Waals surface area (Å²) in [6.45, 7) is 1.01. The van der Waals surface area contributed by atoms with Crippen molar-refractivity contribution in [2.24, 2.45) is 13.0 Å². The van der Waals surface area contributed by atoms with E-state index in [2.05, 4.69) is 10.4 Å². The first-order chi connectivity index (χ1) is 5.86. The molecule has 0 radical (unpaired) electrons. The first-order valence-corrected chi connectivity index (χ1v) is 4.60. The third-order valence-corrected chi connectivity index (χ3v) is 3.01. The number of nitrogens with zero attached hydrogens (tertiary/aromatic N) is 2. The van der Waals surface area contributed by atoms with E-state index in [-0.39, 0.29) is 0 Å². The van der Waals surface area contributed by atoms with Crippen LogP contribution in [0, 0.1) is 5.92 Å². The van der Waals surface area contributed by atoms with Gasteiger partial charge >= 0.3 is 0 Å². The SMILES string of the molecule is Cn1ncc2c1CNC2C1CC1. The van der Waals surface area contributed by atoms with Gasteiger partial charge in [-0.05, 0) is 18.8 Å². The Labute approximate surface area is 71.8 Å². The second kappa shape index (κ2) is 2.10. The highest BCUT2D eigenvalue weighted by atomic mass is 15.3. The number of fused-ring (bicyclic) bond motifs is 1. The van der Waals surface area contributed by atoms with Crippen molar-refractivity contribution in [2.45, 2.75) is 25.4 Å². The molecule has 1 aromatic heterocycles. The molecule has 1 unspecified atom stereocenters. The van der Waals surface area contributed by atoms with Gasteiger partial charge in [-0.15, -0.1) is 0 Å². The lowest BCUT2D eigenvalue weighted by Crippen LogP contribution is -2.14. The Morgan fingerprint density at radius 2 is 2.42 bits per heavy atom. The van der Waals surface area contributed by atoms with Crippen LogP contribution >= 0.6 is 0 Å². The molecule has 0 saturated heterocycles. The van der Waals surface area contributed by atoms with Crippen molar-refractivity contribution in [3.05, 3.63) is 17.5 Å². The number of hydrogen-bond donors (Lipinski definition) is 1. The van der Waals surface area contributed by atoms with Crippen LogP contribution in [0.4, 0.5) is 0 Å². The number of aryl methyl sites for hydroxylation is 1. The van der Waals surface area contributed by atoms with Crippen LogP contribution in [0.3, 0.4) is 0 Å². The quantitative estimate of drug-likeness (QED) is 0.668. The summed E-state index contributed by atoms with van der Waals surface area (Å²) in [6.07, 6.45) is 4.82. The zero-order chi connectivity index (χ0) is 8.13.